The summed E-state index contributed by atoms with van der Waals surface area (Å²) < 4.78 is 5.13. The van der Waals surface area contributed by atoms with E-state index in [4.69, 9.17) is 4.74 Å². The van der Waals surface area contributed by atoms with Crippen molar-refractivity contribution in [2.24, 2.45) is 0 Å². The number of methoxy groups -OCH3 is 1. The minimum Gasteiger partial charge on any atom is -0.385 e. The van der Waals surface area contributed by atoms with Crippen molar-refractivity contribution in [3.8, 4) is 0 Å². The SMILES string of the molecule is CCCNC(CN(C)CCCOC)c1ccc(CC)cc1. The van der Waals surface area contributed by atoms with Crippen LogP contribution in [-0.4, -0.2) is 45.3 Å². The highest BCUT2D eigenvalue weighted by atomic mass is 16.5. The van der Waals surface area contributed by atoms with Crippen molar-refractivity contribution < 1.29 is 4.74 Å². The van der Waals surface area contributed by atoms with Gasteiger partial charge in [0.05, 0.1) is 0 Å². The summed E-state index contributed by atoms with van der Waals surface area (Å²) >= 11 is 0. The average molecular weight is 292 g/mol. The van der Waals surface area contributed by atoms with Crippen molar-refractivity contribution in [2.45, 2.75) is 39.2 Å². The third-order valence-corrected chi connectivity index (χ3v) is 3.81. The number of nitrogens with one attached hydrogen (secondary N) is 1. The van der Waals surface area contributed by atoms with Crippen LogP contribution in [0.25, 0.3) is 0 Å². The van der Waals surface area contributed by atoms with Crippen LogP contribution in [-0.2, 0) is 11.2 Å². The molecule has 1 rings (SSSR count). The van der Waals surface area contributed by atoms with E-state index in [1.165, 1.54) is 11.1 Å². The summed E-state index contributed by atoms with van der Waals surface area (Å²) in [7, 11) is 3.96. The molecule has 0 fully saturated rings. The molecule has 0 heterocycles. The van der Waals surface area contributed by atoms with Gasteiger partial charge in [0.1, 0.15) is 0 Å². The highest BCUT2D eigenvalue weighted by molar-refractivity contribution is 5.25. The van der Waals surface area contributed by atoms with Gasteiger partial charge in [0, 0.05) is 32.8 Å². The summed E-state index contributed by atoms with van der Waals surface area (Å²) in [5.41, 5.74) is 2.79. The first-order chi connectivity index (χ1) is 10.2. The van der Waals surface area contributed by atoms with Crippen molar-refractivity contribution in [3.05, 3.63) is 35.4 Å². The molecule has 0 aliphatic rings. The average Bonchev–Trinajstić information content (AvgIpc) is 2.52. The van der Waals surface area contributed by atoms with Crippen molar-refractivity contribution >= 4 is 0 Å². The van der Waals surface area contributed by atoms with Gasteiger partial charge < -0.3 is 15.0 Å². The highest BCUT2D eigenvalue weighted by Gasteiger charge is 2.13. The Morgan fingerprint density at radius 2 is 1.90 bits per heavy atom. The van der Waals surface area contributed by atoms with E-state index in [0.29, 0.717) is 6.04 Å². The number of hydrogen-bond acceptors (Lipinski definition) is 3. The first-order valence-corrected chi connectivity index (χ1v) is 8.20. The van der Waals surface area contributed by atoms with Crippen LogP contribution in [0, 0.1) is 0 Å². The highest BCUT2D eigenvalue weighted by Crippen LogP contribution is 2.16. The number of nitrogens with zero attached hydrogens (tertiary/aromatic N) is 1. The maximum absolute atomic E-state index is 5.13. The van der Waals surface area contributed by atoms with Crippen LogP contribution >= 0.6 is 0 Å². The number of aryl methyl sites for hydroxylation is 1. The van der Waals surface area contributed by atoms with Crippen LogP contribution in [0.4, 0.5) is 0 Å². The molecular weight excluding hydrogens is 260 g/mol. The van der Waals surface area contributed by atoms with E-state index < -0.39 is 0 Å². The predicted molar refractivity (Wildman–Crippen MR) is 90.8 cm³/mol. The Morgan fingerprint density at radius 1 is 1.19 bits per heavy atom. The third-order valence-electron chi connectivity index (χ3n) is 3.81. The Kier molecular flexibility index (Phi) is 9.31. The van der Waals surface area contributed by atoms with E-state index in [0.717, 1.165) is 45.5 Å². The number of benzene rings is 1. The second-order valence-electron chi connectivity index (χ2n) is 5.71. The summed E-state index contributed by atoms with van der Waals surface area (Å²) in [5, 5.41) is 3.67. The summed E-state index contributed by atoms with van der Waals surface area (Å²) in [6.45, 7) is 8.42. The Morgan fingerprint density at radius 3 is 2.48 bits per heavy atom. The van der Waals surface area contributed by atoms with Crippen molar-refractivity contribution in [1.29, 1.82) is 0 Å². The molecule has 0 saturated carbocycles. The molecule has 0 aliphatic heterocycles. The zero-order valence-corrected chi connectivity index (χ0v) is 14.2. The first kappa shape index (κ1) is 18.1. The molecule has 1 atom stereocenters. The van der Waals surface area contributed by atoms with Crippen LogP contribution in [0.3, 0.4) is 0 Å². The van der Waals surface area contributed by atoms with Crippen LogP contribution in [0.1, 0.15) is 43.9 Å². The van der Waals surface area contributed by atoms with Gasteiger partial charge in [-0.05, 0) is 44.0 Å². The summed E-state index contributed by atoms with van der Waals surface area (Å²) in [6.07, 6.45) is 3.35. The summed E-state index contributed by atoms with van der Waals surface area (Å²) in [6, 6.07) is 9.45. The summed E-state index contributed by atoms with van der Waals surface area (Å²) in [5.74, 6) is 0. The molecule has 0 saturated heterocycles. The fraction of sp³-hybridized carbons (Fsp3) is 0.667. The van der Waals surface area contributed by atoms with Crippen LogP contribution in [0.15, 0.2) is 24.3 Å². The Bertz CT molecular complexity index is 364. The maximum atomic E-state index is 5.13. The first-order valence-electron chi connectivity index (χ1n) is 8.20. The minimum absolute atomic E-state index is 0.406. The fourth-order valence-electron chi connectivity index (χ4n) is 2.47. The second kappa shape index (κ2) is 10.8. The standard InChI is InChI=1S/C18H32N2O/c1-5-12-19-18(15-20(3)13-7-14-21-4)17-10-8-16(6-2)9-11-17/h8-11,18-19H,5-7,12-15H2,1-4H3. The van der Waals surface area contributed by atoms with Gasteiger partial charge in [-0.15, -0.1) is 0 Å². The second-order valence-corrected chi connectivity index (χ2v) is 5.71. The number of rotatable bonds is 11. The molecule has 3 heteroatoms. The topological polar surface area (TPSA) is 24.5 Å². The lowest BCUT2D eigenvalue weighted by Crippen LogP contribution is -2.34. The fourth-order valence-corrected chi connectivity index (χ4v) is 2.47. The molecule has 3 nitrogen and oxygen atoms in total. The Hall–Kier alpha value is -0.900. The number of hydrogen-bond donors (Lipinski definition) is 1. The largest absolute Gasteiger partial charge is 0.385 e. The molecule has 0 aromatic heterocycles. The molecular formula is C18H32N2O. The molecule has 0 aliphatic carbocycles. The van der Waals surface area contributed by atoms with Crippen molar-refractivity contribution in [1.82, 2.24) is 10.2 Å². The quantitative estimate of drug-likeness (QED) is 0.634. The minimum atomic E-state index is 0.406. The normalized spacial score (nSPS) is 12.8. The molecule has 0 radical (unpaired) electrons. The smallest absolute Gasteiger partial charge is 0.0474 e. The van der Waals surface area contributed by atoms with Crippen molar-refractivity contribution in [3.63, 3.8) is 0 Å². The van der Waals surface area contributed by atoms with E-state index in [1.807, 2.05) is 0 Å². The number of ether oxygens (including phenoxy) is 1. The zero-order chi connectivity index (χ0) is 15.5. The van der Waals surface area contributed by atoms with Crippen molar-refractivity contribution in [2.75, 3.05) is 40.4 Å². The monoisotopic (exact) mass is 292 g/mol. The van der Waals surface area contributed by atoms with E-state index in [2.05, 4.69) is 55.4 Å². The molecule has 1 aromatic carbocycles. The zero-order valence-electron chi connectivity index (χ0n) is 14.2. The van der Waals surface area contributed by atoms with Gasteiger partial charge in [-0.1, -0.05) is 38.1 Å². The van der Waals surface area contributed by atoms with Crippen LogP contribution < -0.4 is 5.32 Å². The van der Waals surface area contributed by atoms with Gasteiger partial charge in [0.25, 0.3) is 0 Å². The van der Waals surface area contributed by atoms with E-state index >= 15 is 0 Å². The van der Waals surface area contributed by atoms with Gasteiger partial charge in [0.2, 0.25) is 0 Å². The molecule has 120 valence electrons. The van der Waals surface area contributed by atoms with E-state index in [-0.39, 0.29) is 0 Å². The van der Waals surface area contributed by atoms with Gasteiger partial charge in [-0.25, -0.2) is 0 Å². The summed E-state index contributed by atoms with van der Waals surface area (Å²) in [4.78, 5) is 2.39. The van der Waals surface area contributed by atoms with Gasteiger partial charge in [0.15, 0.2) is 0 Å². The number of likely N-dealkylation sites (N-methyl/N-ethyl adjacent to an activating group) is 1. The molecule has 0 spiro atoms. The molecule has 21 heavy (non-hydrogen) atoms. The van der Waals surface area contributed by atoms with Gasteiger partial charge in [-0.2, -0.15) is 0 Å². The lowest BCUT2D eigenvalue weighted by atomic mass is 10.0. The third kappa shape index (κ3) is 7.07. The predicted octanol–water partition coefficient (Wildman–Crippen LogP) is 3.26. The molecule has 0 bridgehead atoms. The van der Waals surface area contributed by atoms with E-state index in [9.17, 15) is 0 Å². The van der Waals surface area contributed by atoms with Gasteiger partial charge >= 0.3 is 0 Å². The van der Waals surface area contributed by atoms with E-state index in [1.54, 1.807) is 7.11 Å². The Labute approximate surface area is 130 Å². The lowest BCUT2D eigenvalue weighted by Gasteiger charge is -2.25. The molecule has 1 N–H and O–H groups in total. The lowest BCUT2D eigenvalue weighted by molar-refractivity contribution is 0.176. The van der Waals surface area contributed by atoms with Crippen LogP contribution in [0.5, 0.6) is 0 Å². The molecule has 0 amide bonds. The maximum Gasteiger partial charge on any atom is 0.0474 e. The molecule has 1 unspecified atom stereocenters. The van der Waals surface area contributed by atoms with Gasteiger partial charge in [-0.3, -0.25) is 0 Å². The molecule has 1 aromatic rings. The Balaban J connectivity index is 2.60. The van der Waals surface area contributed by atoms with Crippen LogP contribution in [0.2, 0.25) is 0 Å².